The highest BCUT2D eigenvalue weighted by Crippen LogP contribution is 2.36. The lowest BCUT2D eigenvalue weighted by Gasteiger charge is -2.32. The second kappa shape index (κ2) is 7.79. The van der Waals surface area contributed by atoms with Crippen LogP contribution < -0.4 is 10.8 Å². The van der Waals surface area contributed by atoms with Crippen LogP contribution in [0.15, 0.2) is 24.3 Å². The van der Waals surface area contributed by atoms with Gasteiger partial charge < -0.3 is 19.5 Å². The number of hydrogen-bond acceptors (Lipinski definition) is 3. The molecule has 5 nitrogen and oxygen atoms in total. The molecule has 138 valence electrons. The molecular weight excluding hydrogens is 315 g/mol. The van der Waals surface area contributed by atoms with Gasteiger partial charge in [0, 0.05) is 18.8 Å². The van der Waals surface area contributed by atoms with Crippen molar-refractivity contribution in [1.29, 1.82) is 0 Å². The molecule has 6 heteroatoms. The van der Waals surface area contributed by atoms with Crippen LogP contribution in [0.1, 0.15) is 54.4 Å². The fourth-order valence-electron chi connectivity index (χ4n) is 2.76. The predicted octanol–water partition coefficient (Wildman–Crippen LogP) is 3.64. The normalized spacial score (nSPS) is 18.2. The predicted molar refractivity (Wildman–Crippen MR) is 103 cm³/mol. The summed E-state index contributed by atoms with van der Waals surface area (Å²) in [5, 5.41) is 2.97. The van der Waals surface area contributed by atoms with E-state index in [4.69, 9.17) is 9.31 Å². The quantitative estimate of drug-likeness (QED) is 0.800. The Kier molecular flexibility index (Phi) is 6.17. The van der Waals surface area contributed by atoms with Gasteiger partial charge in [0.25, 0.3) is 0 Å². The third-order valence-electron chi connectivity index (χ3n) is 4.96. The van der Waals surface area contributed by atoms with Crippen LogP contribution in [-0.2, 0) is 9.31 Å². The minimum atomic E-state index is -0.383. The molecule has 0 spiro atoms. The van der Waals surface area contributed by atoms with Crippen molar-refractivity contribution < 1.29 is 14.1 Å². The van der Waals surface area contributed by atoms with Crippen LogP contribution in [0.5, 0.6) is 0 Å². The van der Waals surface area contributed by atoms with Crippen molar-refractivity contribution in [2.45, 2.75) is 65.6 Å². The Hall–Kier alpha value is -1.53. The van der Waals surface area contributed by atoms with E-state index in [9.17, 15) is 4.79 Å². The number of benzene rings is 1. The zero-order valence-corrected chi connectivity index (χ0v) is 16.4. The summed E-state index contributed by atoms with van der Waals surface area (Å²) >= 11 is 0. The number of nitrogens with zero attached hydrogens (tertiary/aromatic N) is 1. The Morgan fingerprint density at radius 3 is 1.92 bits per heavy atom. The maximum atomic E-state index is 12.4. The van der Waals surface area contributed by atoms with Crippen molar-refractivity contribution in [1.82, 2.24) is 4.90 Å². The molecule has 0 aliphatic carbocycles. The molecule has 25 heavy (non-hydrogen) atoms. The summed E-state index contributed by atoms with van der Waals surface area (Å²) in [6.07, 6.45) is 1.91. The first kappa shape index (κ1) is 19.8. The van der Waals surface area contributed by atoms with Crippen LogP contribution in [0.3, 0.4) is 0 Å². The summed E-state index contributed by atoms with van der Waals surface area (Å²) in [7, 11) is -0.383. The van der Waals surface area contributed by atoms with Gasteiger partial charge in [-0.1, -0.05) is 26.0 Å². The SMILES string of the molecule is CCCN(CCC)C(=O)Nc1ccc(B2OC(C)(C)C(C)(C)O2)cc1. The topological polar surface area (TPSA) is 50.8 Å². The molecule has 0 aromatic heterocycles. The monoisotopic (exact) mass is 346 g/mol. The lowest BCUT2D eigenvalue weighted by molar-refractivity contribution is 0.00578. The van der Waals surface area contributed by atoms with Crippen LogP contribution in [0.2, 0.25) is 0 Å². The highest BCUT2D eigenvalue weighted by molar-refractivity contribution is 6.62. The van der Waals surface area contributed by atoms with E-state index in [1.165, 1.54) is 0 Å². The summed E-state index contributed by atoms with van der Waals surface area (Å²) < 4.78 is 12.1. The molecule has 1 aliphatic rings. The largest absolute Gasteiger partial charge is 0.494 e. The number of carbonyl (C=O) groups excluding carboxylic acids is 1. The lowest BCUT2D eigenvalue weighted by atomic mass is 9.79. The minimum absolute atomic E-state index is 0.0490. The van der Waals surface area contributed by atoms with E-state index in [1.807, 2.05) is 56.9 Å². The molecule has 0 radical (unpaired) electrons. The first-order chi connectivity index (χ1) is 11.7. The van der Waals surface area contributed by atoms with Gasteiger partial charge >= 0.3 is 13.1 Å². The van der Waals surface area contributed by atoms with E-state index in [-0.39, 0.29) is 24.4 Å². The van der Waals surface area contributed by atoms with Crippen LogP contribution in [0.25, 0.3) is 0 Å². The van der Waals surface area contributed by atoms with Crippen molar-refractivity contribution >= 4 is 24.3 Å². The van der Waals surface area contributed by atoms with Crippen LogP contribution in [-0.4, -0.2) is 42.3 Å². The molecule has 1 heterocycles. The smallest absolute Gasteiger partial charge is 0.399 e. The Labute approximate surface area is 152 Å². The van der Waals surface area contributed by atoms with E-state index >= 15 is 0 Å². The molecule has 1 saturated heterocycles. The zero-order chi connectivity index (χ0) is 18.7. The minimum Gasteiger partial charge on any atom is -0.399 e. The molecule has 0 atom stereocenters. The Balaban J connectivity index is 2.02. The summed E-state index contributed by atoms with van der Waals surface area (Å²) in [6.45, 7) is 13.9. The molecule has 1 N–H and O–H groups in total. The summed E-state index contributed by atoms with van der Waals surface area (Å²) in [5.41, 5.74) is 1.02. The van der Waals surface area contributed by atoms with Crippen molar-refractivity contribution in [2.75, 3.05) is 18.4 Å². The molecule has 1 aromatic carbocycles. The number of hydrogen-bond donors (Lipinski definition) is 1. The van der Waals surface area contributed by atoms with Gasteiger partial charge in [0.15, 0.2) is 0 Å². The fraction of sp³-hybridized carbons (Fsp3) is 0.632. The first-order valence-corrected chi connectivity index (χ1v) is 9.21. The van der Waals surface area contributed by atoms with Gasteiger partial charge in [0.2, 0.25) is 0 Å². The third kappa shape index (κ3) is 4.56. The van der Waals surface area contributed by atoms with E-state index in [0.717, 1.165) is 37.1 Å². The van der Waals surface area contributed by atoms with E-state index in [0.29, 0.717) is 0 Å². The van der Waals surface area contributed by atoms with E-state index in [2.05, 4.69) is 19.2 Å². The average Bonchev–Trinajstić information content (AvgIpc) is 2.76. The van der Waals surface area contributed by atoms with Gasteiger partial charge in [-0.05, 0) is 58.1 Å². The van der Waals surface area contributed by atoms with Gasteiger partial charge in [-0.3, -0.25) is 0 Å². The highest BCUT2D eigenvalue weighted by atomic mass is 16.7. The standard InChI is InChI=1S/C19H31BN2O3/c1-7-13-22(14-8-2)17(23)21-16-11-9-15(10-12-16)20-24-18(3,4)19(5,6)25-20/h9-12H,7-8,13-14H2,1-6H3,(H,21,23). The zero-order valence-electron chi connectivity index (χ0n) is 16.4. The van der Waals surface area contributed by atoms with Crippen molar-refractivity contribution in [3.63, 3.8) is 0 Å². The summed E-state index contributed by atoms with van der Waals surface area (Å²) in [4.78, 5) is 14.2. The maximum absolute atomic E-state index is 12.4. The van der Waals surface area contributed by atoms with Crippen LogP contribution >= 0.6 is 0 Å². The maximum Gasteiger partial charge on any atom is 0.494 e. The molecule has 1 aromatic rings. The van der Waals surface area contributed by atoms with Crippen molar-refractivity contribution in [3.05, 3.63) is 24.3 Å². The molecule has 2 amide bonds. The number of anilines is 1. The number of nitrogens with one attached hydrogen (secondary N) is 1. The molecule has 1 aliphatic heterocycles. The van der Waals surface area contributed by atoms with Gasteiger partial charge in [-0.15, -0.1) is 0 Å². The lowest BCUT2D eigenvalue weighted by Crippen LogP contribution is -2.41. The number of amides is 2. The van der Waals surface area contributed by atoms with E-state index < -0.39 is 0 Å². The fourth-order valence-corrected chi connectivity index (χ4v) is 2.76. The molecule has 0 bridgehead atoms. The highest BCUT2D eigenvalue weighted by Gasteiger charge is 2.51. The number of urea groups is 1. The molecule has 0 unspecified atom stereocenters. The Morgan fingerprint density at radius 2 is 1.48 bits per heavy atom. The van der Waals surface area contributed by atoms with Crippen LogP contribution in [0, 0.1) is 0 Å². The summed E-state index contributed by atoms with van der Waals surface area (Å²) in [6, 6.07) is 7.64. The second-order valence-corrected chi connectivity index (χ2v) is 7.63. The molecule has 0 saturated carbocycles. The Morgan fingerprint density at radius 1 is 1.00 bits per heavy atom. The number of rotatable bonds is 6. The van der Waals surface area contributed by atoms with Gasteiger partial charge in [-0.2, -0.15) is 0 Å². The van der Waals surface area contributed by atoms with Crippen molar-refractivity contribution in [3.8, 4) is 0 Å². The summed E-state index contributed by atoms with van der Waals surface area (Å²) in [5.74, 6) is 0. The molecule has 1 fully saturated rings. The third-order valence-corrected chi connectivity index (χ3v) is 4.96. The van der Waals surface area contributed by atoms with Gasteiger partial charge in [0.1, 0.15) is 0 Å². The average molecular weight is 346 g/mol. The van der Waals surface area contributed by atoms with Gasteiger partial charge in [0.05, 0.1) is 11.2 Å². The van der Waals surface area contributed by atoms with Gasteiger partial charge in [-0.25, -0.2) is 4.79 Å². The number of carbonyl (C=O) groups is 1. The van der Waals surface area contributed by atoms with Crippen molar-refractivity contribution in [2.24, 2.45) is 0 Å². The Bertz CT molecular complexity index is 565. The molecular formula is C19H31BN2O3. The first-order valence-electron chi connectivity index (χ1n) is 9.21. The molecule has 2 rings (SSSR count). The second-order valence-electron chi connectivity index (χ2n) is 7.63. The van der Waals surface area contributed by atoms with Crippen LogP contribution in [0.4, 0.5) is 10.5 Å². The van der Waals surface area contributed by atoms with E-state index in [1.54, 1.807) is 0 Å².